The zero-order valence-electron chi connectivity index (χ0n) is 21.0. The molecule has 0 aliphatic heterocycles. The molecule has 0 bridgehead atoms. The van der Waals surface area contributed by atoms with Crippen LogP contribution < -0.4 is 0 Å². The fourth-order valence-electron chi connectivity index (χ4n) is 6.37. The van der Waals surface area contributed by atoms with Crippen molar-refractivity contribution in [3.63, 3.8) is 0 Å². The van der Waals surface area contributed by atoms with Crippen molar-refractivity contribution in [1.29, 1.82) is 0 Å². The van der Waals surface area contributed by atoms with Crippen LogP contribution in [0.5, 0.6) is 0 Å². The quantitative estimate of drug-likeness (QED) is 0.219. The molecule has 0 spiro atoms. The van der Waals surface area contributed by atoms with Crippen LogP contribution in [0.1, 0.15) is 0 Å². The average molecular weight is 515 g/mol. The lowest BCUT2D eigenvalue weighted by atomic mass is 10.00. The molecule has 0 saturated heterocycles. The third-order valence-electron chi connectivity index (χ3n) is 8.29. The van der Waals surface area contributed by atoms with E-state index in [0.29, 0.717) is 0 Å². The van der Waals surface area contributed by atoms with Crippen molar-refractivity contribution in [2.24, 2.45) is 0 Å². The van der Waals surface area contributed by atoms with Crippen LogP contribution in [-0.4, -0.2) is 0 Å². The highest BCUT2D eigenvalue weighted by atomic mass is 16.4. The number of hydrogen-bond donors (Lipinski definition) is 0. The fourth-order valence-corrected chi connectivity index (χ4v) is 6.37. The predicted molar refractivity (Wildman–Crippen MR) is 161 cm³/mol. The van der Waals surface area contributed by atoms with Gasteiger partial charge in [-0.25, -0.2) is 0 Å². The normalized spacial score (nSPS) is 12.5. The van der Waals surface area contributed by atoms with Crippen molar-refractivity contribution in [2.75, 3.05) is 0 Å². The lowest BCUT2D eigenvalue weighted by Gasteiger charge is -2.02. The van der Waals surface area contributed by atoms with Crippen LogP contribution in [0.4, 0.5) is 0 Å². The van der Waals surface area contributed by atoms with Crippen LogP contribution in [0, 0.1) is 0 Å². The standard InChI is InChI=1S/C36H18O4/c1-4-8-30-21(5-1)23-11-12-24-25-15-19(10-14-32(25)40-36(24)35(23)39-30)20-9-13-31-26(16-20)28-18-33-27(17-34(28)38-31)22-6-2-3-7-29(22)37-33/h1-18H. The molecule has 0 atom stereocenters. The molecule has 40 heavy (non-hydrogen) atoms. The summed E-state index contributed by atoms with van der Waals surface area (Å²) in [4.78, 5) is 0. The maximum atomic E-state index is 6.35. The van der Waals surface area contributed by atoms with Crippen LogP contribution in [0.2, 0.25) is 0 Å². The largest absolute Gasteiger partial charge is 0.456 e. The highest BCUT2D eigenvalue weighted by molar-refractivity contribution is 6.19. The molecule has 0 amide bonds. The molecule has 10 aromatic rings. The molecular formula is C36H18O4. The number of benzene rings is 6. The minimum absolute atomic E-state index is 0.784. The summed E-state index contributed by atoms with van der Waals surface area (Å²) >= 11 is 0. The molecule has 0 radical (unpaired) electrons. The molecule has 0 unspecified atom stereocenters. The Morgan fingerprint density at radius 2 is 0.700 bits per heavy atom. The van der Waals surface area contributed by atoms with E-state index in [1.807, 2.05) is 36.4 Å². The molecule has 6 aromatic carbocycles. The molecular weight excluding hydrogens is 496 g/mol. The third kappa shape index (κ3) is 2.60. The lowest BCUT2D eigenvalue weighted by molar-refractivity contribution is 0.633. The summed E-state index contributed by atoms with van der Waals surface area (Å²) in [6.45, 7) is 0. The summed E-state index contributed by atoms with van der Waals surface area (Å²) < 4.78 is 25.0. The molecule has 4 aromatic heterocycles. The molecule has 4 nitrogen and oxygen atoms in total. The number of para-hydroxylation sites is 2. The Hall–Kier alpha value is -5.48. The number of rotatable bonds is 1. The molecule has 0 N–H and O–H groups in total. The first-order chi connectivity index (χ1) is 19.8. The van der Waals surface area contributed by atoms with Crippen molar-refractivity contribution < 1.29 is 17.7 Å². The van der Waals surface area contributed by atoms with Crippen molar-refractivity contribution in [2.45, 2.75) is 0 Å². The summed E-state index contributed by atoms with van der Waals surface area (Å²) in [7, 11) is 0. The van der Waals surface area contributed by atoms with Crippen LogP contribution in [0.25, 0.3) is 98.9 Å². The van der Waals surface area contributed by atoms with Gasteiger partial charge in [0.05, 0.1) is 0 Å². The second kappa shape index (κ2) is 7.13. The Morgan fingerprint density at radius 1 is 0.275 bits per heavy atom. The summed E-state index contributed by atoms with van der Waals surface area (Å²) in [5.41, 5.74) is 8.98. The Labute approximate surface area is 225 Å². The van der Waals surface area contributed by atoms with Gasteiger partial charge in [-0.15, -0.1) is 0 Å². The predicted octanol–water partition coefficient (Wildman–Crippen LogP) is 11.0. The van der Waals surface area contributed by atoms with E-state index in [1.54, 1.807) is 0 Å². The minimum Gasteiger partial charge on any atom is -0.456 e. The highest BCUT2D eigenvalue weighted by Crippen LogP contribution is 2.41. The Balaban J connectivity index is 1.17. The van der Waals surface area contributed by atoms with Gasteiger partial charge in [0.1, 0.15) is 33.5 Å². The monoisotopic (exact) mass is 514 g/mol. The zero-order valence-corrected chi connectivity index (χ0v) is 21.0. The minimum atomic E-state index is 0.784. The van der Waals surface area contributed by atoms with Crippen LogP contribution in [0.3, 0.4) is 0 Å². The van der Waals surface area contributed by atoms with E-state index >= 15 is 0 Å². The number of furan rings is 4. The van der Waals surface area contributed by atoms with Gasteiger partial charge in [-0.2, -0.15) is 0 Å². The Morgan fingerprint density at radius 3 is 1.35 bits per heavy atom. The van der Waals surface area contributed by atoms with Gasteiger partial charge in [-0.05, 0) is 71.8 Å². The second-order valence-corrected chi connectivity index (χ2v) is 10.5. The molecule has 0 fully saturated rings. The van der Waals surface area contributed by atoms with Crippen LogP contribution >= 0.6 is 0 Å². The van der Waals surface area contributed by atoms with Crippen molar-refractivity contribution in [1.82, 2.24) is 0 Å². The first-order valence-corrected chi connectivity index (χ1v) is 13.3. The molecule has 186 valence electrons. The molecule has 4 heteroatoms. The zero-order chi connectivity index (χ0) is 25.9. The van der Waals surface area contributed by atoms with Gasteiger partial charge < -0.3 is 17.7 Å². The smallest absolute Gasteiger partial charge is 0.178 e. The first kappa shape index (κ1) is 20.5. The maximum absolute atomic E-state index is 6.35. The van der Waals surface area contributed by atoms with Crippen LogP contribution in [0.15, 0.2) is 127 Å². The molecule has 0 saturated carbocycles. The average Bonchev–Trinajstić information content (AvgIpc) is 3.74. The molecule has 4 heterocycles. The van der Waals surface area contributed by atoms with Gasteiger partial charge in [0.2, 0.25) is 0 Å². The Kier molecular flexibility index (Phi) is 3.65. The van der Waals surface area contributed by atoms with Gasteiger partial charge in [-0.1, -0.05) is 48.5 Å². The third-order valence-corrected chi connectivity index (χ3v) is 8.29. The van der Waals surface area contributed by atoms with Crippen molar-refractivity contribution in [3.05, 3.63) is 109 Å². The van der Waals surface area contributed by atoms with E-state index in [2.05, 4.69) is 72.8 Å². The van der Waals surface area contributed by atoms with Crippen LogP contribution in [-0.2, 0) is 0 Å². The van der Waals surface area contributed by atoms with Gasteiger partial charge in [0, 0.05) is 43.1 Å². The fraction of sp³-hybridized carbons (Fsp3) is 0. The molecule has 0 aliphatic carbocycles. The number of fused-ring (bicyclic) bond motifs is 13. The molecule has 0 aliphatic rings. The summed E-state index contributed by atoms with van der Waals surface area (Å²) in [5.74, 6) is 0. The summed E-state index contributed by atoms with van der Waals surface area (Å²) in [6.07, 6.45) is 0. The van der Waals surface area contributed by atoms with E-state index in [9.17, 15) is 0 Å². The second-order valence-electron chi connectivity index (χ2n) is 10.5. The van der Waals surface area contributed by atoms with Gasteiger partial charge in [-0.3, -0.25) is 0 Å². The first-order valence-electron chi connectivity index (χ1n) is 13.3. The van der Waals surface area contributed by atoms with E-state index in [0.717, 1.165) is 98.9 Å². The highest BCUT2D eigenvalue weighted by Gasteiger charge is 2.17. The van der Waals surface area contributed by atoms with Gasteiger partial charge >= 0.3 is 0 Å². The molecule has 10 rings (SSSR count). The van der Waals surface area contributed by atoms with E-state index in [1.165, 1.54) is 0 Å². The summed E-state index contributed by atoms with van der Waals surface area (Å²) in [5, 5.41) is 8.56. The SMILES string of the molecule is c1ccc2c(c1)oc1cc3c(cc12)oc1ccc(-c2ccc4oc5c(ccc6c7ccccc7oc65)c4c2)cc13. The maximum Gasteiger partial charge on any atom is 0.178 e. The van der Waals surface area contributed by atoms with Gasteiger partial charge in [0.15, 0.2) is 11.2 Å². The topological polar surface area (TPSA) is 52.6 Å². The van der Waals surface area contributed by atoms with Crippen molar-refractivity contribution in [3.8, 4) is 11.1 Å². The Bertz CT molecular complexity index is 2630. The van der Waals surface area contributed by atoms with Gasteiger partial charge in [0.25, 0.3) is 0 Å². The number of hydrogen-bond acceptors (Lipinski definition) is 4. The van der Waals surface area contributed by atoms with E-state index < -0.39 is 0 Å². The lowest BCUT2D eigenvalue weighted by Crippen LogP contribution is -1.78. The van der Waals surface area contributed by atoms with Crippen molar-refractivity contribution >= 4 is 87.8 Å². The summed E-state index contributed by atoms with van der Waals surface area (Å²) in [6, 6.07) is 37.4. The van der Waals surface area contributed by atoms with E-state index in [4.69, 9.17) is 17.7 Å². The van der Waals surface area contributed by atoms with E-state index in [-0.39, 0.29) is 0 Å².